The summed E-state index contributed by atoms with van der Waals surface area (Å²) in [6, 6.07) is 13.2. The molecule has 0 unspecified atom stereocenters. The summed E-state index contributed by atoms with van der Waals surface area (Å²) >= 11 is 0. The number of pyridine rings is 1. The first-order chi connectivity index (χ1) is 12.5. The Morgan fingerprint density at radius 1 is 1.11 bits per heavy atom. The smallest absolute Gasteiger partial charge is 0.422 e. The molecule has 0 aliphatic heterocycles. The van der Waals surface area contributed by atoms with Gasteiger partial charge in [0.1, 0.15) is 0 Å². The monoisotopic (exact) mass is 494 g/mol. The van der Waals surface area contributed by atoms with Gasteiger partial charge < -0.3 is 15.4 Å². The van der Waals surface area contributed by atoms with E-state index in [0.29, 0.717) is 19.0 Å². The van der Waals surface area contributed by atoms with E-state index in [-0.39, 0.29) is 29.9 Å². The third kappa shape index (κ3) is 9.45. The molecule has 2 aromatic rings. The van der Waals surface area contributed by atoms with Crippen molar-refractivity contribution in [3.8, 4) is 5.88 Å². The fraction of sp³-hybridized carbons (Fsp3) is 0.333. The summed E-state index contributed by atoms with van der Waals surface area (Å²) in [5.41, 5.74) is 1.96. The number of hydrogen-bond acceptors (Lipinski definition) is 3. The first kappa shape index (κ1) is 23.0. The van der Waals surface area contributed by atoms with Crippen LogP contribution in [0.15, 0.2) is 53.7 Å². The van der Waals surface area contributed by atoms with E-state index in [0.717, 1.165) is 12.0 Å². The quantitative estimate of drug-likeness (QED) is 0.352. The first-order valence-electron chi connectivity index (χ1n) is 8.09. The molecule has 1 heterocycles. The molecule has 0 saturated heterocycles. The van der Waals surface area contributed by atoms with Crippen molar-refractivity contribution in [1.29, 1.82) is 0 Å². The van der Waals surface area contributed by atoms with Crippen LogP contribution in [0.4, 0.5) is 13.2 Å². The van der Waals surface area contributed by atoms with Crippen LogP contribution >= 0.6 is 24.0 Å². The second-order valence-electron chi connectivity index (χ2n) is 5.49. The minimum Gasteiger partial charge on any atom is -0.468 e. The maximum absolute atomic E-state index is 12.2. The lowest BCUT2D eigenvalue weighted by Crippen LogP contribution is -2.37. The Morgan fingerprint density at radius 3 is 2.52 bits per heavy atom. The van der Waals surface area contributed by atoms with Crippen LogP contribution in [0.2, 0.25) is 0 Å². The summed E-state index contributed by atoms with van der Waals surface area (Å²) in [5.74, 6) is 0.546. The van der Waals surface area contributed by atoms with E-state index in [1.54, 1.807) is 13.1 Å². The SMILES string of the molecule is CN=C(NCCc1ccccc1)NCc1ccnc(OCC(F)(F)F)c1.I. The van der Waals surface area contributed by atoms with Gasteiger partial charge in [-0.1, -0.05) is 30.3 Å². The number of ether oxygens (including phenoxy) is 1. The van der Waals surface area contributed by atoms with Crippen molar-refractivity contribution >= 4 is 29.9 Å². The minimum absolute atomic E-state index is 0. The molecule has 2 rings (SSSR count). The Morgan fingerprint density at radius 2 is 1.85 bits per heavy atom. The largest absolute Gasteiger partial charge is 0.468 e. The number of aromatic nitrogens is 1. The number of aliphatic imine (C=N–C) groups is 1. The number of alkyl halides is 3. The van der Waals surface area contributed by atoms with Gasteiger partial charge in [0, 0.05) is 32.4 Å². The molecule has 0 aliphatic carbocycles. The molecule has 0 saturated carbocycles. The molecular formula is C18H22F3IN4O. The van der Waals surface area contributed by atoms with E-state index < -0.39 is 12.8 Å². The number of nitrogens with zero attached hydrogens (tertiary/aromatic N) is 2. The Labute approximate surface area is 173 Å². The average molecular weight is 494 g/mol. The highest BCUT2D eigenvalue weighted by Gasteiger charge is 2.28. The molecule has 0 aliphatic rings. The zero-order chi connectivity index (χ0) is 18.8. The molecule has 0 fully saturated rings. The number of guanidine groups is 1. The Balaban J connectivity index is 0.00000364. The van der Waals surface area contributed by atoms with Gasteiger partial charge in [-0.2, -0.15) is 13.2 Å². The predicted octanol–water partition coefficient (Wildman–Crippen LogP) is 3.55. The minimum atomic E-state index is -4.39. The van der Waals surface area contributed by atoms with Gasteiger partial charge in [0.15, 0.2) is 12.6 Å². The standard InChI is InChI=1S/C18H21F3N4O.HI/c1-22-17(24-10-7-14-5-3-2-4-6-14)25-12-15-8-9-23-16(11-15)26-13-18(19,20)21;/h2-6,8-9,11H,7,10,12-13H2,1H3,(H2,22,24,25);1H. The number of nitrogens with one attached hydrogen (secondary N) is 2. The third-order valence-electron chi connectivity index (χ3n) is 3.42. The number of rotatable bonds is 7. The lowest BCUT2D eigenvalue weighted by molar-refractivity contribution is -0.154. The van der Waals surface area contributed by atoms with Crippen molar-refractivity contribution in [3.05, 3.63) is 59.8 Å². The Bertz CT molecular complexity index is 711. The van der Waals surface area contributed by atoms with Crippen LogP contribution in [0.1, 0.15) is 11.1 Å². The Hall–Kier alpha value is -2.04. The lowest BCUT2D eigenvalue weighted by atomic mass is 10.1. The van der Waals surface area contributed by atoms with Crippen LogP contribution in [0, 0.1) is 0 Å². The van der Waals surface area contributed by atoms with Crippen LogP contribution in [0.25, 0.3) is 0 Å². The summed E-state index contributed by atoms with van der Waals surface area (Å²) in [4.78, 5) is 7.90. The van der Waals surface area contributed by atoms with Gasteiger partial charge in [-0.15, -0.1) is 24.0 Å². The van der Waals surface area contributed by atoms with Gasteiger partial charge in [0.25, 0.3) is 0 Å². The molecule has 1 aromatic carbocycles. The van der Waals surface area contributed by atoms with Gasteiger partial charge in [0.2, 0.25) is 5.88 Å². The summed E-state index contributed by atoms with van der Waals surface area (Å²) in [6.07, 6.45) is -2.12. The van der Waals surface area contributed by atoms with E-state index in [9.17, 15) is 13.2 Å². The van der Waals surface area contributed by atoms with Crippen molar-refractivity contribution in [2.75, 3.05) is 20.2 Å². The zero-order valence-corrected chi connectivity index (χ0v) is 17.1. The van der Waals surface area contributed by atoms with Gasteiger partial charge in [-0.25, -0.2) is 4.98 Å². The molecule has 148 valence electrons. The van der Waals surface area contributed by atoms with E-state index in [2.05, 4.69) is 37.5 Å². The van der Waals surface area contributed by atoms with Gasteiger partial charge in [-0.3, -0.25) is 4.99 Å². The fourth-order valence-electron chi connectivity index (χ4n) is 2.17. The van der Waals surface area contributed by atoms with Gasteiger partial charge in [0.05, 0.1) is 0 Å². The van der Waals surface area contributed by atoms with Crippen molar-refractivity contribution in [2.45, 2.75) is 19.1 Å². The molecule has 0 radical (unpaired) electrons. The van der Waals surface area contributed by atoms with Crippen LogP contribution in [-0.2, 0) is 13.0 Å². The van der Waals surface area contributed by atoms with E-state index >= 15 is 0 Å². The summed E-state index contributed by atoms with van der Waals surface area (Å²) < 4.78 is 41.2. The van der Waals surface area contributed by atoms with E-state index in [4.69, 9.17) is 0 Å². The summed E-state index contributed by atoms with van der Waals surface area (Å²) in [5, 5.41) is 6.30. The van der Waals surface area contributed by atoms with Gasteiger partial charge >= 0.3 is 6.18 Å². The first-order valence-corrected chi connectivity index (χ1v) is 8.09. The van der Waals surface area contributed by atoms with Crippen molar-refractivity contribution < 1.29 is 17.9 Å². The highest BCUT2D eigenvalue weighted by atomic mass is 127. The van der Waals surface area contributed by atoms with Crippen LogP contribution < -0.4 is 15.4 Å². The molecule has 5 nitrogen and oxygen atoms in total. The molecule has 1 aromatic heterocycles. The second kappa shape index (κ2) is 11.6. The zero-order valence-electron chi connectivity index (χ0n) is 14.8. The van der Waals surface area contributed by atoms with E-state index in [1.165, 1.54) is 17.8 Å². The molecule has 0 amide bonds. The topological polar surface area (TPSA) is 58.5 Å². The molecule has 9 heteroatoms. The third-order valence-corrected chi connectivity index (χ3v) is 3.42. The Kier molecular flexibility index (Phi) is 9.90. The fourth-order valence-corrected chi connectivity index (χ4v) is 2.17. The highest BCUT2D eigenvalue weighted by Crippen LogP contribution is 2.17. The maximum Gasteiger partial charge on any atom is 0.422 e. The van der Waals surface area contributed by atoms with E-state index in [1.807, 2.05) is 18.2 Å². The number of halogens is 4. The normalized spacial score (nSPS) is 11.5. The van der Waals surface area contributed by atoms with Crippen molar-refractivity contribution in [1.82, 2.24) is 15.6 Å². The second-order valence-corrected chi connectivity index (χ2v) is 5.49. The highest BCUT2D eigenvalue weighted by molar-refractivity contribution is 14.0. The lowest BCUT2D eigenvalue weighted by Gasteiger charge is -2.13. The summed E-state index contributed by atoms with van der Waals surface area (Å²) in [7, 11) is 1.66. The van der Waals surface area contributed by atoms with Crippen LogP contribution in [0.5, 0.6) is 5.88 Å². The van der Waals surface area contributed by atoms with Crippen molar-refractivity contribution in [2.24, 2.45) is 4.99 Å². The molecule has 0 atom stereocenters. The molecule has 0 spiro atoms. The van der Waals surface area contributed by atoms with Gasteiger partial charge in [-0.05, 0) is 23.6 Å². The van der Waals surface area contributed by atoms with Crippen LogP contribution in [0.3, 0.4) is 0 Å². The predicted molar refractivity (Wildman–Crippen MR) is 110 cm³/mol. The average Bonchev–Trinajstić information content (AvgIpc) is 2.63. The maximum atomic E-state index is 12.2. The molecule has 0 bridgehead atoms. The summed E-state index contributed by atoms with van der Waals surface area (Å²) in [6.45, 7) is -0.268. The number of hydrogen-bond donors (Lipinski definition) is 2. The molecule has 27 heavy (non-hydrogen) atoms. The number of benzene rings is 1. The molecule has 2 N–H and O–H groups in total. The van der Waals surface area contributed by atoms with Crippen LogP contribution in [-0.4, -0.2) is 37.3 Å². The van der Waals surface area contributed by atoms with Crippen molar-refractivity contribution in [3.63, 3.8) is 0 Å². The molecular weight excluding hydrogens is 472 g/mol.